The Kier molecular flexibility index (Phi) is 0. The topological polar surface area (TPSA) is 0 Å². The molecule has 0 aliphatic heterocycles. The Morgan fingerprint density at radius 1 is 0.400 bits per heavy atom. The van der Waals surface area contributed by atoms with Gasteiger partial charge in [0.05, 0.1) is 0 Å². The van der Waals surface area contributed by atoms with Crippen LogP contribution in [0.15, 0.2) is 0 Å². The van der Waals surface area contributed by atoms with Crippen LogP contribution in [-0.4, -0.2) is 0 Å². The van der Waals surface area contributed by atoms with Gasteiger partial charge in [-0.05, 0) is 0 Å². The van der Waals surface area contributed by atoms with Crippen molar-refractivity contribution < 1.29 is 0 Å². The molecule has 0 saturated carbocycles. The minimum atomic E-state index is 0. The van der Waals surface area contributed by atoms with E-state index >= 15 is 0 Å². The van der Waals surface area contributed by atoms with Gasteiger partial charge in [-0.2, -0.15) is 0 Å². The summed E-state index contributed by atoms with van der Waals surface area (Å²) in [6, 6.07) is 0. The van der Waals surface area contributed by atoms with Crippen molar-refractivity contribution in [2.75, 3.05) is 0 Å². The average molecular weight is 809 g/mol. The second-order valence-corrected chi connectivity index (χ2v) is 0. The maximum Gasteiger partial charge on any atom is 0 e. The molecule has 0 unspecified atom stereocenters. The van der Waals surface area contributed by atoms with E-state index in [2.05, 4.69) is 0 Å². The monoisotopic (exact) mass is 809 g/mol. The van der Waals surface area contributed by atoms with Gasteiger partial charge in [-0.1, -0.05) is 14.9 Å². The van der Waals surface area contributed by atoms with E-state index in [1.807, 2.05) is 0 Å². The summed E-state index contributed by atoms with van der Waals surface area (Å²) in [5, 5.41) is 0. The second-order valence-electron chi connectivity index (χ2n) is 0. The number of rotatable bonds is 0. The summed E-state index contributed by atoms with van der Waals surface area (Å²) < 4.78 is 0. The molecule has 0 aliphatic rings. The summed E-state index contributed by atoms with van der Waals surface area (Å²) in [4.78, 5) is 0. The van der Waals surface area contributed by atoms with Gasteiger partial charge in [0.25, 0.3) is 0 Å². The van der Waals surface area contributed by atoms with E-state index in [0.717, 1.165) is 0 Å². The first-order chi connectivity index (χ1) is 0. The van der Waals surface area contributed by atoms with Gasteiger partial charge < -0.3 is 0 Å². The predicted molar refractivity (Wildman–Crippen MR) is 13.5 cm³/mol. The number of hydrogen-bond acceptors (Lipinski definition) is 0. The van der Waals surface area contributed by atoms with Crippen molar-refractivity contribution in [3.8, 4) is 0 Å². The van der Waals surface area contributed by atoms with E-state index in [4.69, 9.17) is 0 Å². The van der Waals surface area contributed by atoms with Crippen molar-refractivity contribution in [2.24, 2.45) is 0 Å². The van der Waals surface area contributed by atoms with Crippen molar-refractivity contribution in [1.82, 2.24) is 0 Å². The first-order valence-electron chi connectivity index (χ1n) is 0. The van der Waals surface area contributed by atoms with E-state index in [1.165, 1.54) is 0 Å². The van der Waals surface area contributed by atoms with Crippen LogP contribution in [0.1, 0.15) is 14.9 Å². The van der Waals surface area contributed by atoms with E-state index in [-0.39, 0.29) is 14.9 Å². The molecule has 58 valence electrons. The van der Waals surface area contributed by atoms with E-state index in [0.29, 0.717) is 0 Å². The molecule has 3 heteroatoms. The SMILES string of the molecule is C.C.[No].[No].[No]. The molecular weight excluding hydrogens is 801 g/mol. The summed E-state index contributed by atoms with van der Waals surface area (Å²) in [5.74, 6) is 0. The van der Waals surface area contributed by atoms with Crippen molar-refractivity contribution >= 4 is 0 Å². The Labute approximate surface area is 16.1 Å². The quantitative estimate of drug-likeness (QED) is 0.347. The van der Waals surface area contributed by atoms with Crippen LogP contribution < -0.4 is 0 Å². The van der Waals surface area contributed by atoms with E-state index < -0.39 is 0 Å². The molecule has 0 rings (SSSR count). The molecule has 0 aromatic carbocycles. The molecule has 0 aliphatic carbocycles. The van der Waals surface area contributed by atoms with Crippen molar-refractivity contribution in [1.29, 1.82) is 0 Å². The zero-order valence-electron chi connectivity index (χ0n) is 0.802. The largest absolute Gasteiger partial charge is 0.0776 e. The van der Waals surface area contributed by atoms with Gasteiger partial charge in [-0.25, -0.2) is 0 Å². The predicted octanol–water partition coefficient (Wildman–Crippen LogP) is 1.27. The normalized spacial score (nSPS) is 0. The van der Waals surface area contributed by atoms with Crippen LogP contribution in [0.3, 0.4) is 0 Å². The second kappa shape index (κ2) is 0. The molecular formula is C2H8No3. The molecule has 0 radical (unpaired) electrons. The molecule has 0 aromatic heterocycles. The molecule has 0 bridgehead atoms. The zero-order valence-corrected chi connectivity index (χ0v) is 7.48. The Bertz CT molecular complexity index is 4.85. The van der Waals surface area contributed by atoms with Crippen LogP contribution in [0, 0.1) is 0 Å². The van der Waals surface area contributed by atoms with Crippen LogP contribution in [0.5, 0.6) is 0 Å². The first-order valence-corrected chi connectivity index (χ1v) is 0. The molecule has 0 aromatic rings. The van der Waals surface area contributed by atoms with Crippen molar-refractivity contribution in [2.45, 2.75) is 14.9 Å². The Hall–Kier alpha value is -3.00. The van der Waals surface area contributed by atoms with Gasteiger partial charge in [-0.3, -0.25) is 0 Å². The van der Waals surface area contributed by atoms with Crippen molar-refractivity contribution in [3.05, 3.63) is 0 Å². The fourth-order valence-electron chi connectivity index (χ4n) is 0. The van der Waals surface area contributed by atoms with Crippen LogP contribution in [0.2, 0.25) is 0 Å². The third kappa shape index (κ3) is 0.111. The maximum atomic E-state index is 0. The van der Waals surface area contributed by atoms with Gasteiger partial charge >= 0.3 is 0 Å². The summed E-state index contributed by atoms with van der Waals surface area (Å²) >= 11 is 0. The summed E-state index contributed by atoms with van der Waals surface area (Å²) in [6.07, 6.45) is 0. The van der Waals surface area contributed by atoms with Gasteiger partial charge in [0, 0.05) is 0 Å². The van der Waals surface area contributed by atoms with E-state index in [9.17, 15) is 0 Å². The Balaban J connectivity index is 0. The van der Waals surface area contributed by atoms with Gasteiger partial charge in [0.2, 0.25) is 0 Å². The third-order valence-corrected chi connectivity index (χ3v) is 0. The van der Waals surface area contributed by atoms with Crippen molar-refractivity contribution in [3.63, 3.8) is 0 Å². The van der Waals surface area contributed by atoms with E-state index in [1.54, 1.807) is 0 Å². The molecule has 0 amide bonds. The van der Waals surface area contributed by atoms with Gasteiger partial charge in [0.1, 0.15) is 0 Å². The molecule has 0 N–H and O–H groups in total. The molecule has 5 heavy (non-hydrogen) atoms. The molecule has 0 nitrogen and oxygen atoms in total. The Morgan fingerprint density at radius 3 is 0.400 bits per heavy atom. The fraction of sp³-hybridized carbons (Fsp3) is 1.00. The van der Waals surface area contributed by atoms with Crippen LogP contribution in [-0.2, 0) is 0 Å². The summed E-state index contributed by atoms with van der Waals surface area (Å²) in [7, 11) is 0. The minimum Gasteiger partial charge on any atom is -0.0776 e. The fourth-order valence-corrected chi connectivity index (χ4v) is 0. The standard InChI is InChI=1S/2CH4.3No/h2*1H4;;;. The van der Waals surface area contributed by atoms with Crippen LogP contribution in [0.25, 0.3) is 0 Å². The molecule has 0 heterocycles. The molecule has 0 atom stereocenters. The molecule has 0 fully saturated rings. The molecule has 0 saturated heterocycles. The van der Waals surface area contributed by atoms with Gasteiger partial charge in [0.15, 0.2) is 0 Å². The van der Waals surface area contributed by atoms with Crippen LogP contribution in [0.4, 0.5) is 0 Å². The third-order valence-electron chi connectivity index (χ3n) is 0. The first kappa shape index (κ1) is 0.222. The smallest absolute Gasteiger partial charge is 0 e. The van der Waals surface area contributed by atoms with Gasteiger partial charge in [-0.15, -0.1) is 0 Å². The zero-order chi connectivity index (χ0) is 0. The average Bonchev–Trinajstić information content (AvgIpc) is 0. The summed E-state index contributed by atoms with van der Waals surface area (Å²) in [6.45, 7) is 0. The van der Waals surface area contributed by atoms with Crippen LogP contribution >= 0.6 is 0 Å². The summed E-state index contributed by atoms with van der Waals surface area (Å²) in [5.41, 5.74) is 0. The Morgan fingerprint density at radius 2 is 0.400 bits per heavy atom. The minimum absolute atomic E-state index is 0. The maximum absolute atomic E-state index is 0. The molecule has 0 spiro atoms. The number of hydrogen-bond donors (Lipinski definition) is 0.